The fourth-order valence-electron chi connectivity index (χ4n) is 3.63. The summed E-state index contributed by atoms with van der Waals surface area (Å²) in [6.45, 7) is 3.94. The van der Waals surface area contributed by atoms with Crippen LogP contribution in [-0.4, -0.2) is 42.1 Å². The van der Waals surface area contributed by atoms with E-state index in [1.165, 1.54) is 29.9 Å². The third kappa shape index (κ3) is 4.96. The summed E-state index contributed by atoms with van der Waals surface area (Å²) in [5.41, 5.74) is 0.526. The first kappa shape index (κ1) is 20.5. The first-order chi connectivity index (χ1) is 13.0. The van der Waals surface area contributed by atoms with Gasteiger partial charge in [-0.2, -0.15) is 0 Å². The minimum atomic E-state index is -0.401. The van der Waals surface area contributed by atoms with E-state index in [-0.39, 0.29) is 16.8 Å². The average molecular weight is 413 g/mol. The monoisotopic (exact) mass is 412 g/mol. The van der Waals surface area contributed by atoms with Crippen molar-refractivity contribution in [3.63, 3.8) is 0 Å². The highest BCUT2D eigenvalue weighted by molar-refractivity contribution is 7.22. The van der Waals surface area contributed by atoms with E-state index >= 15 is 0 Å². The molecular weight excluding hydrogens is 387 g/mol. The molecule has 0 radical (unpaired) electrons. The number of thiazole rings is 1. The summed E-state index contributed by atoms with van der Waals surface area (Å²) in [7, 11) is 1.98. The van der Waals surface area contributed by atoms with E-state index in [4.69, 9.17) is 11.6 Å². The second-order valence-electron chi connectivity index (χ2n) is 7.02. The number of nitrogens with one attached hydrogen (secondary N) is 2. The minimum absolute atomic E-state index is 0.0271. The van der Waals surface area contributed by atoms with Crippen molar-refractivity contribution in [1.29, 1.82) is 0 Å². The third-order valence-corrected chi connectivity index (χ3v) is 6.28. The van der Waals surface area contributed by atoms with Crippen molar-refractivity contribution in [2.75, 3.05) is 25.5 Å². The fraction of sp³-hybridized carbons (Fsp3) is 0.579. The molecule has 2 atom stereocenters. The maximum absolute atomic E-state index is 13.5. The highest BCUT2D eigenvalue weighted by Crippen LogP contribution is 2.32. The lowest BCUT2D eigenvalue weighted by atomic mass is 9.96. The molecule has 2 unspecified atom stereocenters. The van der Waals surface area contributed by atoms with Crippen LogP contribution < -0.4 is 10.6 Å². The zero-order chi connectivity index (χ0) is 19.4. The molecule has 1 amide bonds. The van der Waals surface area contributed by atoms with Crippen molar-refractivity contribution in [3.8, 4) is 0 Å². The molecular formula is C19H26ClFN4OS. The Morgan fingerprint density at radius 2 is 2.33 bits per heavy atom. The van der Waals surface area contributed by atoms with Crippen molar-refractivity contribution in [2.45, 2.75) is 45.2 Å². The lowest BCUT2D eigenvalue weighted by molar-refractivity contribution is -0.122. The molecule has 1 aliphatic rings. The van der Waals surface area contributed by atoms with Gasteiger partial charge in [0.05, 0.1) is 21.8 Å². The van der Waals surface area contributed by atoms with Crippen molar-refractivity contribution in [1.82, 2.24) is 15.2 Å². The molecule has 1 aromatic carbocycles. The SMILES string of the molecule is CCCCC(NC)N1CCCC(C(=O)Nc2nc3c(Cl)cc(F)cc3s2)C1. The van der Waals surface area contributed by atoms with Crippen LogP contribution in [0.1, 0.15) is 39.0 Å². The van der Waals surface area contributed by atoms with Gasteiger partial charge < -0.3 is 10.6 Å². The molecule has 8 heteroatoms. The molecule has 2 aromatic rings. The number of nitrogens with zero attached hydrogens (tertiary/aromatic N) is 2. The molecule has 1 aliphatic heterocycles. The maximum atomic E-state index is 13.5. The van der Waals surface area contributed by atoms with E-state index in [2.05, 4.69) is 27.4 Å². The molecule has 3 rings (SSSR count). The van der Waals surface area contributed by atoms with Crippen LogP contribution in [-0.2, 0) is 4.79 Å². The highest BCUT2D eigenvalue weighted by Gasteiger charge is 2.29. The Labute approximate surface area is 168 Å². The van der Waals surface area contributed by atoms with Gasteiger partial charge in [-0.3, -0.25) is 9.69 Å². The van der Waals surface area contributed by atoms with Gasteiger partial charge in [-0.25, -0.2) is 9.37 Å². The Kier molecular flexibility index (Phi) is 7.03. The molecule has 148 valence electrons. The van der Waals surface area contributed by atoms with Crippen LogP contribution in [0.3, 0.4) is 0 Å². The molecule has 5 nitrogen and oxygen atoms in total. The molecule has 0 aliphatic carbocycles. The summed E-state index contributed by atoms with van der Waals surface area (Å²) in [6, 6.07) is 2.63. The van der Waals surface area contributed by atoms with Gasteiger partial charge in [0.1, 0.15) is 11.3 Å². The predicted octanol–water partition coefficient (Wildman–Crippen LogP) is 4.48. The molecule has 27 heavy (non-hydrogen) atoms. The molecule has 0 spiro atoms. The summed E-state index contributed by atoms with van der Waals surface area (Å²) in [5.74, 6) is -0.502. The second kappa shape index (κ2) is 9.28. The van der Waals surface area contributed by atoms with Gasteiger partial charge in [0, 0.05) is 6.54 Å². The van der Waals surface area contributed by atoms with Gasteiger partial charge in [-0.15, -0.1) is 0 Å². The fourth-order valence-corrected chi connectivity index (χ4v) is 4.85. The normalized spacial score (nSPS) is 19.3. The maximum Gasteiger partial charge on any atom is 0.230 e. The molecule has 1 fully saturated rings. The van der Waals surface area contributed by atoms with E-state index in [0.717, 1.165) is 38.8 Å². The number of hydrogen-bond acceptors (Lipinski definition) is 5. The molecule has 1 aromatic heterocycles. The Morgan fingerprint density at radius 3 is 3.07 bits per heavy atom. The topological polar surface area (TPSA) is 57.3 Å². The number of hydrogen-bond donors (Lipinski definition) is 2. The quantitative estimate of drug-likeness (QED) is 0.704. The largest absolute Gasteiger partial charge is 0.305 e. The molecule has 2 heterocycles. The van der Waals surface area contributed by atoms with Gasteiger partial charge in [0.25, 0.3) is 0 Å². The number of fused-ring (bicyclic) bond motifs is 1. The number of rotatable bonds is 7. The number of benzene rings is 1. The number of carbonyl (C=O) groups excluding carboxylic acids is 1. The van der Waals surface area contributed by atoms with Gasteiger partial charge in [-0.05, 0) is 45.0 Å². The zero-order valence-corrected chi connectivity index (χ0v) is 17.3. The summed E-state index contributed by atoms with van der Waals surface area (Å²) in [4.78, 5) is 19.5. The van der Waals surface area contributed by atoms with E-state index < -0.39 is 5.82 Å². The summed E-state index contributed by atoms with van der Waals surface area (Å²) in [5, 5.41) is 7.02. The van der Waals surface area contributed by atoms with Gasteiger partial charge in [0.15, 0.2) is 5.13 Å². The first-order valence-electron chi connectivity index (χ1n) is 9.49. The Balaban J connectivity index is 1.66. The Morgan fingerprint density at radius 1 is 1.52 bits per heavy atom. The van der Waals surface area contributed by atoms with Crippen LogP contribution in [0.2, 0.25) is 5.02 Å². The number of carbonyl (C=O) groups is 1. The number of aromatic nitrogens is 1. The van der Waals surface area contributed by atoms with Crippen LogP contribution in [0.25, 0.3) is 10.2 Å². The number of anilines is 1. The zero-order valence-electron chi connectivity index (χ0n) is 15.7. The van der Waals surface area contributed by atoms with Crippen molar-refractivity contribution >= 4 is 44.2 Å². The van der Waals surface area contributed by atoms with Crippen LogP contribution in [0.4, 0.5) is 9.52 Å². The van der Waals surface area contributed by atoms with Crippen LogP contribution >= 0.6 is 22.9 Å². The third-order valence-electron chi connectivity index (χ3n) is 5.07. The Bertz CT molecular complexity index is 799. The highest BCUT2D eigenvalue weighted by atomic mass is 35.5. The lowest BCUT2D eigenvalue weighted by Gasteiger charge is -2.37. The van der Waals surface area contributed by atoms with E-state index in [9.17, 15) is 9.18 Å². The van der Waals surface area contributed by atoms with Crippen LogP contribution in [0.15, 0.2) is 12.1 Å². The van der Waals surface area contributed by atoms with Gasteiger partial charge in [0.2, 0.25) is 5.91 Å². The summed E-state index contributed by atoms with van der Waals surface area (Å²) >= 11 is 7.30. The average Bonchev–Trinajstić information content (AvgIpc) is 3.05. The number of piperidine rings is 1. The number of amides is 1. The number of halogens is 2. The van der Waals surface area contributed by atoms with E-state index in [1.807, 2.05) is 7.05 Å². The van der Waals surface area contributed by atoms with Crippen LogP contribution in [0, 0.1) is 11.7 Å². The van der Waals surface area contributed by atoms with E-state index in [1.54, 1.807) is 0 Å². The Hall–Kier alpha value is -1.28. The van der Waals surface area contributed by atoms with Crippen molar-refractivity contribution in [2.24, 2.45) is 5.92 Å². The predicted molar refractivity (Wildman–Crippen MR) is 110 cm³/mol. The lowest BCUT2D eigenvalue weighted by Crippen LogP contribution is -2.50. The molecule has 0 bridgehead atoms. The van der Waals surface area contributed by atoms with Gasteiger partial charge >= 0.3 is 0 Å². The standard InChI is InChI=1S/C19H26ClFN4OS/c1-3-4-7-16(22-2)25-8-5-6-12(11-25)18(26)24-19-23-17-14(20)9-13(21)10-15(17)27-19/h9-10,12,16,22H,3-8,11H2,1-2H3,(H,23,24,26). The van der Waals surface area contributed by atoms with Crippen molar-refractivity contribution in [3.05, 3.63) is 23.0 Å². The summed E-state index contributed by atoms with van der Waals surface area (Å²) in [6.07, 6.45) is 5.60. The number of likely N-dealkylation sites (tertiary alicyclic amines) is 1. The van der Waals surface area contributed by atoms with Crippen molar-refractivity contribution < 1.29 is 9.18 Å². The van der Waals surface area contributed by atoms with Crippen LogP contribution in [0.5, 0.6) is 0 Å². The number of unbranched alkanes of at least 4 members (excludes halogenated alkanes) is 1. The minimum Gasteiger partial charge on any atom is -0.305 e. The molecule has 0 saturated carbocycles. The summed E-state index contributed by atoms with van der Waals surface area (Å²) < 4.78 is 14.1. The van der Waals surface area contributed by atoms with Gasteiger partial charge in [-0.1, -0.05) is 42.7 Å². The van der Waals surface area contributed by atoms with E-state index in [0.29, 0.717) is 21.5 Å². The molecule has 1 saturated heterocycles. The molecule has 2 N–H and O–H groups in total. The smallest absolute Gasteiger partial charge is 0.230 e. The first-order valence-corrected chi connectivity index (χ1v) is 10.7. The second-order valence-corrected chi connectivity index (χ2v) is 8.46.